The molecule has 0 saturated heterocycles. The monoisotopic (exact) mass is 994 g/mol. The molecule has 0 radical (unpaired) electrons. The van der Waals surface area contributed by atoms with Gasteiger partial charge in [0.1, 0.15) is 0 Å². The van der Waals surface area contributed by atoms with Gasteiger partial charge in [-0.2, -0.15) is 0 Å². The molecule has 0 fully saturated rings. The lowest BCUT2D eigenvalue weighted by Crippen LogP contribution is -2.13. The van der Waals surface area contributed by atoms with E-state index in [9.17, 15) is 9.59 Å². The van der Waals surface area contributed by atoms with Gasteiger partial charge in [0.2, 0.25) is 0 Å². The highest BCUT2D eigenvalue weighted by molar-refractivity contribution is 6.21. The molecule has 0 bridgehead atoms. The van der Waals surface area contributed by atoms with Crippen LogP contribution in [0, 0.1) is 0 Å². The predicted molar refractivity (Wildman–Crippen MR) is 322 cm³/mol. The summed E-state index contributed by atoms with van der Waals surface area (Å²) in [6.07, 6.45) is 3.76. The molecule has 0 unspecified atom stereocenters. The molecule has 362 valence electrons. The molecule has 0 N–H and O–H groups in total. The van der Waals surface area contributed by atoms with Gasteiger partial charge in [0.05, 0.1) is 38.5 Å². The van der Waals surface area contributed by atoms with Crippen molar-refractivity contribution in [1.29, 1.82) is 0 Å². The summed E-state index contributed by atoms with van der Waals surface area (Å²) in [5, 5.41) is 7.14. The number of rotatable bonds is 7. The van der Waals surface area contributed by atoms with E-state index >= 15 is 0 Å². The van der Waals surface area contributed by atoms with Gasteiger partial charge in [-0.25, -0.2) is 0 Å². The largest absolute Gasteiger partial charge is 0.275 e. The number of hydrogen-bond donors (Lipinski definition) is 0. The Morgan fingerprint density at radius 2 is 0.641 bits per heavy atom. The Morgan fingerprint density at radius 3 is 1.24 bits per heavy atom. The van der Waals surface area contributed by atoms with E-state index in [1.807, 2.05) is 69.7 Å². The molecule has 6 nitrogen and oxygen atoms in total. The second-order valence-electron chi connectivity index (χ2n) is 20.4. The molecule has 0 aliphatic rings. The summed E-state index contributed by atoms with van der Waals surface area (Å²) in [7, 11) is 0. The van der Waals surface area contributed by atoms with E-state index in [1.54, 1.807) is 0 Å². The second kappa shape index (κ2) is 17.0. The van der Waals surface area contributed by atoms with Crippen molar-refractivity contribution >= 4 is 76.2 Å². The standard InChI is InChI=1S/C72H42N4O2/c77-71-60-24-8-7-23-57(60)68-70-59(31-32-73-68)63-40-52(28-30-66(63)76(70)71)55-37-53(48-20-9-17-45(33-48)43-13-3-1-4-14-43)36-54(38-55)49-21-10-18-46(34-49)47-19-11-22-50(35-47)56-41-64-67(74-42-56)61-26-12-25-58-62-39-51(44-15-5-2-6-16-44)27-29-65(62)75(69(58)61)72(64)78/h1-42H. The minimum atomic E-state index is -0.0772. The molecule has 0 amide bonds. The Morgan fingerprint density at radius 1 is 0.244 bits per heavy atom. The highest BCUT2D eigenvalue weighted by Gasteiger charge is 2.21. The fraction of sp³-hybridized carbons (Fsp3) is 0. The van der Waals surface area contributed by atoms with Crippen molar-refractivity contribution in [1.82, 2.24) is 18.8 Å². The zero-order chi connectivity index (χ0) is 51.6. The van der Waals surface area contributed by atoms with Crippen molar-refractivity contribution in [2.75, 3.05) is 0 Å². The molecular weight excluding hydrogens is 953 g/mol. The van der Waals surface area contributed by atoms with Gasteiger partial charge in [-0.3, -0.25) is 28.4 Å². The van der Waals surface area contributed by atoms with Crippen LogP contribution in [0.2, 0.25) is 0 Å². The smallest absolute Gasteiger partial charge is 0.265 e. The third-order valence-corrected chi connectivity index (χ3v) is 16.1. The number of hydrogen-bond acceptors (Lipinski definition) is 4. The van der Waals surface area contributed by atoms with E-state index < -0.39 is 0 Å². The molecule has 0 spiro atoms. The fourth-order valence-corrected chi connectivity index (χ4v) is 12.3. The van der Waals surface area contributed by atoms with Crippen LogP contribution in [0.3, 0.4) is 0 Å². The normalized spacial score (nSPS) is 11.9. The highest BCUT2D eigenvalue weighted by Crippen LogP contribution is 2.41. The summed E-state index contributed by atoms with van der Waals surface area (Å²) >= 11 is 0. The van der Waals surface area contributed by atoms with Gasteiger partial charge in [-0.1, -0.05) is 164 Å². The SMILES string of the molecule is O=c1c2cc(-c3cccc(-c4cccc(-c5cc(-c6cccc(-c7ccccc7)c6)cc(-c6ccc7c(c6)c6ccnc8c9ccccc9c(=O)n7c68)c5)c4)c3)cnc2c2cccc3c4cc(-c5ccccc5)ccc4n1c32. The van der Waals surface area contributed by atoms with Gasteiger partial charge in [0, 0.05) is 55.7 Å². The Labute approximate surface area is 446 Å². The summed E-state index contributed by atoms with van der Waals surface area (Å²) in [4.78, 5) is 38.8. The molecule has 10 aromatic carbocycles. The van der Waals surface area contributed by atoms with Gasteiger partial charge < -0.3 is 0 Å². The van der Waals surface area contributed by atoms with Gasteiger partial charge in [0.15, 0.2) is 0 Å². The third-order valence-electron chi connectivity index (χ3n) is 16.1. The van der Waals surface area contributed by atoms with Crippen molar-refractivity contribution < 1.29 is 0 Å². The van der Waals surface area contributed by atoms with E-state index in [4.69, 9.17) is 9.97 Å². The molecule has 0 aliphatic heterocycles. The highest BCUT2D eigenvalue weighted by atomic mass is 16.1. The van der Waals surface area contributed by atoms with Crippen LogP contribution < -0.4 is 11.1 Å². The average Bonchev–Trinajstić information content (AvgIpc) is 4.26. The minimum Gasteiger partial charge on any atom is -0.275 e. The van der Waals surface area contributed by atoms with E-state index in [-0.39, 0.29) is 11.1 Å². The Balaban J connectivity index is 0.813. The maximum Gasteiger partial charge on any atom is 0.265 e. The molecule has 16 rings (SSSR count). The molecule has 78 heavy (non-hydrogen) atoms. The Kier molecular flexibility index (Phi) is 9.54. The molecule has 6 aromatic heterocycles. The van der Waals surface area contributed by atoms with Gasteiger partial charge >= 0.3 is 0 Å². The zero-order valence-electron chi connectivity index (χ0n) is 41.9. The Hall–Kier alpha value is -10.6. The molecule has 6 heteroatoms. The fourth-order valence-electron chi connectivity index (χ4n) is 12.3. The Bertz CT molecular complexity index is 5260. The van der Waals surface area contributed by atoms with Crippen LogP contribution in [0.5, 0.6) is 0 Å². The topological polar surface area (TPSA) is 68.7 Å². The van der Waals surface area contributed by atoms with E-state index in [0.29, 0.717) is 16.3 Å². The number of pyridine rings is 4. The first-order valence-electron chi connectivity index (χ1n) is 26.3. The molecule has 0 saturated carbocycles. The molecule has 6 heterocycles. The first kappa shape index (κ1) is 43.8. The minimum absolute atomic E-state index is 0.0396. The molecule has 0 atom stereocenters. The number of benzene rings is 10. The van der Waals surface area contributed by atoms with E-state index in [0.717, 1.165) is 138 Å². The lowest BCUT2D eigenvalue weighted by atomic mass is 9.90. The molecule has 0 aliphatic carbocycles. The summed E-state index contributed by atoms with van der Waals surface area (Å²) < 4.78 is 3.73. The summed E-state index contributed by atoms with van der Waals surface area (Å²) in [5.41, 5.74) is 19.9. The lowest BCUT2D eigenvalue weighted by molar-refractivity contribution is 1.20. The summed E-state index contributed by atoms with van der Waals surface area (Å²) in [6.45, 7) is 0. The second-order valence-corrected chi connectivity index (χ2v) is 20.4. The quantitative estimate of drug-likeness (QED) is 0.149. The van der Waals surface area contributed by atoms with Crippen LogP contribution in [0.1, 0.15) is 0 Å². The van der Waals surface area contributed by atoms with Gasteiger partial charge in [-0.05, 0) is 151 Å². The number of fused-ring (bicyclic) bond motifs is 10. The van der Waals surface area contributed by atoms with Crippen LogP contribution in [-0.4, -0.2) is 18.8 Å². The number of para-hydroxylation sites is 1. The predicted octanol–water partition coefficient (Wildman–Crippen LogP) is 17.2. The zero-order valence-corrected chi connectivity index (χ0v) is 41.9. The van der Waals surface area contributed by atoms with Crippen molar-refractivity contribution in [3.63, 3.8) is 0 Å². The van der Waals surface area contributed by atoms with Crippen LogP contribution in [0.4, 0.5) is 0 Å². The maximum absolute atomic E-state index is 14.8. The first-order valence-corrected chi connectivity index (χ1v) is 26.3. The van der Waals surface area contributed by atoms with Crippen molar-refractivity contribution in [2.45, 2.75) is 0 Å². The van der Waals surface area contributed by atoms with Crippen LogP contribution in [-0.2, 0) is 0 Å². The first-order chi connectivity index (χ1) is 38.5. The van der Waals surface area contributed by atoms with Crippen molar-refractivity contribution in [3.8, 4) is 77.9 Å². The maximum atomic E-state index is 14.8. The van der Waals surface area contributed by atoms with Crippen LogP contribution in [0.25, 0.3) is 154 Å². The van der Waals surface area contributed by atoms with E-state index in [2.05, 4.69) is 194 Å². The van der Waals surface area contributed by atoms with Crippen molar-refractivity contribution in [3.05, 3.63) is 276 Å². The van der Waals surface area contributed by atoms with Crippen LogP contribution >= 0.6 is 0 Å². The average molecular weight is 995 g/mol. The number of aromatic nitrogens is 4. The van der Waals surface area contributed by atoms with Gasteiger partial charge in [0.25, 0.3) is 11.1 Å². The van der Waals surface area contributed by atoms with E-state index in [1.165, 1.54) is 0 Å². The molecular formula is C72H42N4O2. The summed E-state index contributed by atoms with van der Waals surface area (Å²) in [6, 6.07) is 84.7. The van der Waals surface area contributed by atoms with Crippen molar-refractivity contribution in [2.24, 2.45) is 0 Å². The van der Waals surface area contributed by atoms with Gasteiger partial charge in [-0.15, -0.1) is 0 Å². The van der Waals surface area contributed by atoms with Crippen LogP contribution in [0.15, 0.2) is 265 Å². The lowest BCUT2D eigenvalue weighted by Gasteiger charge is -2.14. The number of nitrogens with zero attached hydrogens (tertiary/aromatic N) is 4. The molecule has 16 aromatic rings. The third kappa shape index (κ3) is 6.70. The summed E-state index contributed by atoms with van der Waals surface area (Å²) in [5.74, 6) is 0.